The Morgan fingerprint density at radius 2 is 1.88 bits per heavy atom. The minimum atomic E-state index is -1.02. The molecule has 0 bridgehead atoms. The summed E-state index contributed by atoms with van der Waals surface area (Å²) in [6.45, 7) is 7.18. The number of nitrogens with zero attached hydrogens (tertiary/aromatic N) is 1. The van der Waals surface area contributed by atoms with E-state index in [2.05, 4.69) is 0 Å². The summed E-state index contributed by atoms with van der Waals surface area (Å²) in [6.07, 6.45) is -1.02. The molecule has 26 heavy (non-hydrogen) atoms. The van der Waals surface area contributed by atoms with Crippen LogP contribution in [0.3, 0.4) is 0 Å². The van der Waals surface area contributed by atoms with Crippen molar-refractivity contribution in [2.45, 2.75) is 40.3 Å². The number of halogens is 2. The van der Waals surface area contributed by atoms with Gasteiger partial charge in [-0.05, 0) is 45.4 Å². The first-order valence-electron chi connectivity index (χ1n) is 8.16. The Kier molecular flexibility index (Phi) is 5.79. The van der Waals surface area contributed by atoms with E-state index in [0.717, 1.165) is 12.1 Å². The minimum absolute atomic E-state index is 0.217. The number of aromatic nitrogens is 1. The van der Waals surface area contributed by atoms with Crippen LogP contribution in [0, 0.1) is 25.5 Å². The maximum Gasteiger partial charge on any atom is 0.354 e. The molecule has 2 aromatic rings. The SMILES string of the molecule is CCn1c(C)c(C(=O)[C@H](C)Oc2ccc(F)cc2F)c(C)c1C(=O)OC. The lowest BCUT2D eigenvalue weighted by molar-refractivity contribution is 0.0587. The third-order valence-corrected chi connectivity index (χ3v) is 4.28. The number of carbonyl (C=O) groups is 2. The Morgan fingerprint density at radius 3 is 2.42 bits per heavy atom. The van der Waals surface area contributed by atoms with Gasteiger partial charge in [-0.1, -0.05) is 0 Å². The molecule has 5 nitrogen and oxygen atoms in total. The van der Waals surface area contributed by atoms with E-state index in [4.69, 9.17) is 9.47 Å². The van der Waals surface area contributed by atoms with Gasteiger partial charge in [0.25, 0.3) is 0 Å². The van der Waals surface area contributed by atoms with E-state index in [9.17, 15) is 18.4 Å². The van der Waals surface area contributed by atoms with Crippen LogP contribution in [0.4, 0.5) is 8.78 Å². The van der Waals surface area contributed by atoms with Crippen molar-refractivity contribution in [1.82, 2.24) is 4.57 Å². The number of hydrogen-bond acceptors (Lipinski definition) is 4. The predicted molar refractivity (Wildman–Crippen MR) is 91.7 cm³/mol. The normalized spacial score (nSPS) is 12.0. The molecule has 0 radical (unpaired) electrons. The van der Waals surface area contributed by atoms with Crippen LogP contribution in [0.5, 0.6) is 5.75 Å². The number of methoxy groups -OCH3 is 1. The van der Waals surface area contributed by atoms with E-state index in [-0.39, 0.29) is 5.75 Å². The highest BCUT2D eigenvalue weighted by Crippen LogP contribution is 2.26. The lowest BCUT2D eigenvalue weighted by Crippen LogP contribution is -2.25. The summed E-state index contributed by atoms with van der Waals surface area (Å²) in [5.74, 6) is -2.78. The number of benzene rings is 1. The number of rotatable bonds is 6. The monoisotopic (exact) mass is 365 g/mol. The van der Waals surface area contributed by atoms with Crippen molar-refractivity contribution in [2.24, 2.45) is 0 Å². The molecular formula is C19H21F2NO4. The van der Waals surface area contributed by atoms with Gasteiger partial charge < -0.3 is 14.0 Å². The first-order valence-corrected chi connectivity index (χ1v) is 8.16. The maximum absolute atomic E-state index is 13.8. The molecule has 0 aliphatic rings. The minimum Gasteiger partial charge on any atom is -0.479 e. The first kappa shape index (κ1) is 19.6. The number of carbonyl (C=O) groups excluding carboxylic acids is 2. The molecule has 140 valence electrons. The first-order chi connectivity index (χ1) is 12.2. The van der Waals surface area contributed by atoms with Crippen LogP contribution in [-0.4, -0.2) is 29.5 Å². The standard InChI is InChI=1S/C19H21F2NO4/c1-6-22-11(3)16(10(2)17(22)19(24)25-5)18(23)12(4)26-15-8-7-13(20)9-14(15)21/h7-9,12H,6H2,1-5H3/t12-/m0/s1. The summed E-state index contributed by atoms with van der Waals surface area (Å²) in [7, 11) is 1.27. The summed E-state index contributed by atoms with van der Waals surface area (Å²) >= 11 is 0. The number of ether oxygens (including phenoxy) is 2. The van der Waals surface area contributed by atoms with E-state index in [1.807, 2.05) is 6.92 Å². The Hall–Kier alpha value is -2.70. The predicted octanol–water partition coefficient (Wildman–Crippen LogP) is 3.84. The van der Waals surface area contributed by atoms with Crippen LogP contribution in [0.15, 0.2) is 18.2 Å². The number of esters is 1. The molecule has 0 saturated heterocycles. The van der Waals surface area contributed by atoms with Gasteiger partial charge in [0.2, 0.25) is 5.78 Å². The summed E-state index contributed by atoms with van der Waals surface area (Å²) in [5, 5.41) is 0. The van der Waals surface area contributed by atoms with Crippen molar-refractivity contribution in [3.63, 3.8) is 0 Å². The second-order valence-electron chi connectivity index (χ2n) is 5.87. The van der Waals surface area contributed by atoms with Crippen molar-refractivity contribution in [2.75, 3.05) is 7.11 Å². The highest BCUT2D eigenvalue weighted by atomic mass is 19.1. The average molecular weight is 365 g/mol. The molecule has 7 heteroatoms. The molecule has 0 aliphatic heterocycles. The number of ketones is 1. The molecule has 2 rings (SSSR count). The smallest absolute Gasteiger partial charge is 0.354 e. The Labute approximate surface area is 150 Å². The van der Waals surface area contributed by atoms with Crippen LogP contribution in [0.1, 0.15) is 46.0 Å². The second kappa shape index (κ2) is 7.68. The third-order valence-electron chi connectivity index (χ3n) is 4.28. The topological polar surface area (TPSA) is 57.5 Å². The molecule has 0 aliphatic carbocycles. The fourth-order valence-electron chi connectivity index (χ4n) is 3.03. The maximum atomic E-state index is 13.8. The van der Waals surface area contributed by atoms with Crippen molar-refractivity contribution in [3.05, 3.63) is 52.3 Å². The molecule has 0 unspecified atom stereocenters. The molecule has 0 amide bonds. The average Bonchev–Trinajstić information content (AvgIpc) is 2.85. The van der Waals surface area contributed by atoms with E-state index in [1.54, 1.807) is 18.4 Å². The lowest BCUT2D eigenvalue weighted by atomic mass is 10.0. The van der Waals surface area contributed by atoms with Gasteiger partial charge in [-0.3, -0.25) is 4.79 Å². The zero-order valence-corrected chi connectivity index (χ0v) is 15.4. The van der Waals surface area contributed by atoms with Gasteiger partial charge in [-0.15, -0.1) is 0 Å². The number of Topliss-reactive ketones (excluding diaryl/α,β-unsaturated/α-hetero) is 1. The van der Waals surface area contributed by atoms with Gasteiger partial charge in [0.15, 0.2) is 17.7 Å². The van der Waals surface area contributed by atoms with Crippen LogP contribution in [0.25, 0.3) is 0 Å². The molecule has 0 saturated carbocycles. The van der Waals surface area contributed by atoms with Gasteiger partial charge in [0.05, 0.1) is 7.11 Å². The molecular weight excluding hydrogens is 344 g/mol. The summed E-state index contributed by atoms with van der Waals surface area (Å²) < 4.78 is 38.6. The molecule has 0 spiro atoms. The van der Waals surface area contributed by atoms with Crippen molar-refractivity contribution in [1.29, 1.82) is 0 Å². The van der Waals surface area contributed by atoms with Crippen molar-refractivity contribution in [3.8, 4) is 5.75 Å². The van der Waals surface area contributed by atoms with Crippen molar-refractivity contribution >= 4 is 11.8 Å². The van der Waals surface area contributed by atoms with Gasteiger partial charge >= 0.3 is 5.97 Å². The fraction of sp³-hybridized carbons (Fsp3) is 0.368. The van der Waals surface area contributed by atoms with E-state index in [1.165, 1.54) is 14.0 Å². The molecule has 1 aromatic heterocycles. The zero-order chi connectivity index (χ0) is 19.6. The highest BCUT2D eigenvalue weighted by molar-refractivity contribution is 6.05. The van der Waals surface area contributed by atoms with E-state index in [0.29, 0.717) is 35.1 Å². The third kappa shape index (κ3) is 3.47. The van der Waals surface area contributed by atoms with Crippen LogP contribution in [0.2, 0.25) is 0 Å². The van der Waals surface area contributed by atoms with Gasteiger partial charge in [-0.25, -0.2) is 13.6 Å². The van der Waals surface area contributed by atoms with Crippen LogP contribution in [-0.2, 0) is 11.3 Å². The Bertz CT molecular complexity index is 858. The molecule has 1 heterocycles. The quantitative estimate of drug-likeness (QED) is 0.576. The van der Waals surface area contributed by atoms with Crippen molar-refractivity contribution < 1.29 is 27.8 Å². The Balaban J connectivity index is 2.39. The van der Waals surface area contributed by atoms with Gasteiger partial charge in [0, 0.05) is 23.9 Å². The summed E-state index contributed by atoms with van der Waals surface area (Å²) in [5.41, 5.74) is 1.72. The second-order valence-corrected chi connectivity index (χ2v) is 5.87. The summed E-state index contributed by atoms with van der Waals surface area (Å²) in [6, 6.07) is 2.87. The Morgan fingerprint density at radius 1 is 1.23 bits per heavy atom. The van der Waals surface area contributed by atoms with Gasteiger partial charge in [-0.2, -0.15) is 0 Å². The van der Waals surface area contributed by atoms with E-state index >= 15 is 0 Å². The lowest BCUT2D eigenvalue weighted by Gasteiger charge is -2.15. The summed E-state index contributed by atoms with van der Waals surface area (Å²) in [4.78, 5) is 24.9. The molecule has 0 N–H and O–H groups in total. The van der Waals surface area contributed by atoms with E-state index < -0.39 is 29.5 Å². The largest absolute Gasteiger partial charge is 0.479 e. The fourth-order valence-corrected chi connectivity index (χ4v) is 3.03. The van der Waals surface area contributed by atoms with Crippen LogP contribution < -0.4 is 4.74 Å². The molecule has 1 atom stereocenters. The highest BCUT2D eigenvalue weighted by Gasteiger charge is 2.29. The molecule has 0 fully saturated rings. The van der Waals surface area contributed by atoms with Gasteiger partial charge in [0.1, 0.15) is 11.5 Å². The zero-order valence-electron chi connectivity index (χ0n) is 15.4. The number of hydrogen-bond donors (Lipinski definition) is 0. The van der Waals surface area contributed by atoms with Crippen LogP contribution >= 0.6 is 0 Å². The molecule has 1 aromatic carbocycles.